The minimum Gasteiger partial charge on any atom is -0.383 e. The molecule has 216 valence electrons. The molecule has 2 amide bonds. The fourth-order valence-corrected chi connectivity index (χ4v) is 4.90. The highest BCUT2D eigenvalue weighted by atomic mass is 35.5. The first kappa shape index (κ1) is 30.0. The summed E-state index contributed by atoms with van der Waals surface area (Å²) in [7, 11) is 3.39. The van der Waals surface area contributed by atoms with Gasteiger partial charge >= 0.3 is 6.03 Å². The summed E-state index contributed by atoms with van der Waals surface area (Å²) in [6.45, 7) is 5.55. The molecule has 4 aromatic rings. The van der Waals surface area contributed by atoms with E-state index in [0.717, 1.165) is 49.5 Å². The molecule has 3 N–H and O–H groups in total. The van der Waals surface area contributed by atoms with Crippen LogP contribution < -0.4 is 16.6 Å². The zero-order valence-electron chi connectivity index (χ0n) is 23.3. The van der Waals surface area contributed by atoms with Crippen molar-refractivity contribution in [3.05, 3.63) is 99.2 Å². The van der Waals surface area contributed by atoms with E-state index >= 15 is 0 Å². The van der Waals surface area contributed by atoms with Crippen molar-refractivity contribution in [2.45, 2.75) is 19.3 Å². The molecule has 1 saturated heterocycles. The van der Waals surface area contributed by atoms with Crippen LogP contribution in [0.1, 0.15) is 23.5 Å². The third kappa shape index (κ3) is 7.40. The summed E-state index contributed by atoms with van der Waals surface area (Å²) in [5.41, 5.74) is 9.00. The molecule has 5 rings (SSSR count). The topological polar surface area (TPSA) is 107 Å². The maximum atomic E-state index is 13.4. The molecule has 9 nitrogen and oxygen atoms in total. The summed E-state index contributed by atoms with van der Waals surface area (Å²) < 4.78 is 21.5. The standard InChI is InChI=1S/C17H17N5O2.C13H17ClFNO/c1-11-15(12-8-9-21(2)14(23)10-12)20-22(16(11)19-17(18)24)13-6-4-3-5-7-13;1-17-7-6-16-5-4-11(9-16)10-2-3-12(14)13(15)8-10/h3-10H,1-2H3,(H3,18,19,24);2-3,8,11H,4-7,9H2,1H3/t;11-/m.0/s1. The van der Waals surface area contributed by atoms with Gasteiger partial charge < -0.3 is 19.9 Å². The fourth-order valence-electron chi connectivity index (χ4n) is 4.78. The number of carbonyl (C=O) groups excluding carboxylic acids is 1. The quantitative estimate of drug-likeness (QED) is 0.322. The first-order valence-electron chi connectivity index (χ1n) is 13.2. The number of hydrogen-bond donors (Lipinski definition) is 2. The van der Waals surface area contributed by atoms with Gasteiger partial charge in [0.15, 0.2) is 0 Å². The number of likely N-dealkylation sites (tertiary alicyclic amines) is 1. The second-order valence-corrected chi connectivity index (χ2v) is 10.3. The van der Waals surface area contributed by atoms with Crippen molar-refractivity contribution in [1.29, 1.82) is 0 Å². The van der Waals surface area contributed by atoms with E-state index in [1.54, 1.807) is 43.2 Å². The zero-order chi connectivity index (χ0) is 29.5. The van der Waals surface area contributed by atoms with E-state index in [1.165, 1.54) is 10.6 Å². The Hall–Kier alpha value is -3.99. The molecule has 11 heteroatoms. The molecule has 0 unspecified atom stereocenters. The number of ether oxygens (including phenoxy) is 1. The number of benzene rings is 2. The van der Waals surface area contributed by atoms with E-state index in [9.17, 15) is 14.0 Å². The second kappa shape index (κ2) is 13.6. The van der Waals surface area contributed by atoms with Crippen LogP contribution in [0.5, 0.6) is 0 Å². The van der Waals surface area contributed by atoms with Crippen LogP contribution in [0, 0.1) is 12.7 Å². The highest BCUT2D eigenvalue weighted by Gasteiger charge is 2.24. The lowest BCUT2D eigenvalue weighted by Crippen LogP contribution is -2.24. The Morgan fingerprint density at radius 1 is 1.20 bits per heavy atom. The zero-order valence-corrected chi connectivity index (χ0v) is 24.1. The van der Waals surface area contributed by atoms with Crippen LogP contribution in [0.25, 0.3) is 16.9 Å². The van der Waals surface area contributed by atoms with Crippen LogP contribution in [0.15, 0.2) is 71.7 Å². The van der Waals surface area contributed by atoms with Crippen LogP contribution in [0.3, 0.4) is 0 Å². The van der Waals surface area contributed by atoms with Gasteiger partial charge in [-0.05, 0) is 61.7 Å². The Bertz CT molecular complexity index is 1560. The van der Waals surface area contributed by atoms with Gasteiger partial charge in [0.05, 0.1) is 23.0 Å². The summed E-state index contributed by atoms with van der Waals surface area (Å²) in [6.07, 6.45) is 2.75. The van der Waals surface area contributed by atoms with Gasteiger partial charge in [-0.3, -0.25) is 10.1 Å². The van der Waals surface area contributed by atoms with E-state index in [0.29, 0.717) is 23.0 Å². The third-order valence-electron chi connectivity index (χ3n) is 7.04. The molecule has 1 aliphatic rings. The van der Waals surface area contributed by atoms with Gasteiger partial charge in [0.25, 0.3) is 5.56 Å². The van der Waals surface area contributed by atoms with Crippen molar-refractivity contribution in [2.24, 2.45) is 12.8 Å². The average Bonchev–Trinajstić information content (AvgIpc) is 3.56. The maximum Gasteiger partial charge on any atom is 0.317 e. The van der Waals surface area contributed by atoms with Gasteiger partial charge in [-0.1, -0.05) is 35.9 Å². The largest absolute Gasteiger partial charge is 0.383 e. The SMILES string of the molecule is COCCN1CC[C@H](c2ccc(Cl)c(F)c2)C1.Cc1c(-c2ccn(C)c(=O)c2)nn(-c2ccccc2)c1NC(N)=O. The van der Waals surface area contributed by atoms with Gasteiger partial charge in [0.1, 0.15) is 11.6 Å². The molecule has 2 aromatic carbocycles. The van der Waals surface area contributed by atoms with Gasteiger partial charge in [-0.25, -0.2) is 13.9 Å². The predicted molar refractivity (Wildman–Crippen MR) is 159 cm³/mol. The molecule has 2 aromatic heterocycles. The molecule has 1 aliphatic heterocycles. The number of anilines is 1. The number of pyridine rings is 1. The summed E-state index contributed by atoms with van der Waals surface area (Å²) in [6, 6.07) is 17.1. The van der Waals surface area contributed by atoms with Gasteiger partial charge in [-0.15, -0.1) is 0 Å². The molecule has 0 aliphatic carbocycles. The van der Waals surface area contributed by atoms with Crippen LogP contribution >= 0.6 is 11.6 Å². The number of nitrogens with two attached hydrogens (primary N) is 1. The number of aromatic nitrogens is 3. The van der Waals surface area contributed by atoms with E-state index < -0.39 is 6.03 Å². The number of hydrogen-bond acceptors (Lipinski definition) is 5. The normalized spacial score (nSPS) is 14.9. The van der Waals surface area contributed by atoms with Gasteiger partial charge in [-0.2, -0.15) is 5.10 Å². The monoisotopic (exact) mass is 580 g/mol. The minimum absolute atomic E-state index is 0.134. The highest BCUT2D eigenvalue weighted by Crippen LogP contribution is 2.30. The lowest BCUT2D eigenvalue weighted by molar-refractivity contribution is 0.160. The van der Waals surface area contributed by atoms with E-state index in [1.807, 2.05) is 43.3 Å². The van der Waals surface area contributed by atoms with E-state index in [-0.39, 0.29) is 16.4 Å². The molecule has 41 heavy (non-hydrogen) atoms. The number of rotatable bonds is 7. The Labute approximate surface area is 243 Å². The number of primary amides is 1. The summed E-state index contributed by atoms with van der Waals surface area (Å²) >= 11 is 5.68. The molecule has 3 heterocycles. The Morgan fingerprint density at radius 3 is 2.61 bits per heavy atom. The minimum atomic E-state index is -0.675. The second-order valence-electron chi connectivity index (χ2n) is 9.88. The Kier molecular flexibility index (Phi) is 9.93. The average molecular weight is 581 g/mol. The predicted octanol–water partition coefficient (Wildman–Crippen LogP) is 4.95. The lowest BCUT2D eigenvalue weighted by atomic mass is 9.98. The number of amides is 2. The van der Waals surface area contributed by atoms with Crippen molar-refractivity contribution in [3.63, 3.8) is 0 Å². The fraction of sp³-hybridized carbons (Fsp3) is 0.300. The molecule has 1 atom stereocenters. The molecule has 1 fully saturated rings. The smallest absolute Gasteiger partial charge is 0.317 e. The highest BCUT2D eigenvalue weighted by molar-refractivity contribution is 6.30. The number of halogens is 2. The molecule has 0 spiro atoms. The number of carbonyl (C=O) groups is 1. The number of nitrogens with one attached hydrogen (secondary N) is 1. The van der Waals surface area contributed by atoms with Crippen LogP contribution in [0.4, 0.5) is 15.0 Å². The van der Waals surface area contributed by atoms with Crippen LogP contribution in [0.2, 0.25) is 5.02 Å². The first-order valence-corrected chi connectivity index (χ1v) is 13.6. The molecular weight excluding hydrogens is 547 g/mol. The third-order valence-corrected chi connectivity index (χ3v) is 7.35. The molecule has 0 saturated carbocycles. The summed E-state index contributed by atoms with van der Waals surface area (Å²) in [4.78, 5) is 25.6. The summed E-state index contributed by atoms with van der Waals surface area (Å²) in [5.74, 6) is 0.572. The number of para-hydroxylation sites is 1. The molecular formula is C30H34ClFN6O3. The lowest BCUT2D eigenvalue weighted by Gasteiger charge is -2.15. The Morgan fingerprint density at radius 2 is 1.95 bits per heavy atom. The van der Waals surface area contributed by atoms with Crippen molar-refractivity contribution in [3.8, 4) is 16.9 Å². The van der Waals surface area contributed by atoms with E-state index in [4.69, 9.17) is 22.1 Å². The maximum absolute atomic E-state index is 13.4. The van der Waals surface area contributed by atoms with Crippen molar-refractivity contribution in [1.82, 2.24) is 19.2 Å². The Balaban J connectivity index is 0.000000201. The number of methoxy groups -OCH3 is 1. The van der Waals surface area contributed by atoms with E-state index in [2.05, 4.69) is 15.3 Å². The van der Waals surface area contributed by atoms with Gasteiger partial charge in [0, 0.05) is 50.6 Å². The van der Waals surface area contributed by atoms with Crippen molar-refractivity contribution >= 4 is 23.4 Å². The van der Waals surface area contributed by atoms with Crippen LogP contribution in [-0.4, -0.2) is 58.6 Å². The van der Waals surface area contributed by atoms with Crippen molar-refractivity contribution in [2.75, 3.05) is 38.7 Å². The molecule has 0 radical (unpaired) electrons. The molecule has 0 bridgehead atoms. The first-order chi connectivity index (χ1) is 19.7. The van der Waals surface area contributed by atoms with Crippen molar-refractivity contribution < 1.29 is 13.9 Å². The van der Waals surface area contributed by atoms with Gasteiger partial charge in [0.2, 0.25) is 0 Å². The number of nitrogens with zero attached hydrogens (tertiary/aromatic N) is 4. The number of aryl methyl sites for hydroxylation is 1. The summed E-state index contributed by atoms with van der Waals surface area (Å²) in [5, 5.41) is 7.38. The number of urea groups is 1. The van der Waals surface area contributed by atoms with Crippen LogP contribution in [-0.2, 0) is 11.8 Å².